The number of anilines is 2. The van der Waals surface area contributed by atoms with Crippen LogP contribution in [0.3, 0.4) is 0 Å². The van der Waals surface area contributed by atoms with Crippen molar-refractivity contribution in [3.05, 3.63) is 30.4 Å². The van der Waals surface area contributed by atoms with Gasteiger partial charge in [-0.05, 0) is 12.1 Å². The van der Waals surface area contributed by atoms with Gasteiger partial charge in [0.15, 0.2) is 0 Å². The van der Waals surface area contributed by atoms with E-state index in [9.17, 15) is 0 Å². The molecular formula is C8H7ClN4O. The molecule has 0 radical (unpaired) electrons. The lowest BCUT2D eigenvalue weighted by molar-refractivity contribution is 0.530. The summed E-state index contributed by atoms with van der Waals surface area (Å²) in [6.45, 7) is 0. The predicted molar refractivity (Wildman–Crippen MR) is 51.4 cm³/mol. The number of halogens is 1. The number of pyridine rings is 1. The lowest BCUT2D eigenvalue weighted by Gasteiger charge is -1.97. The van der Waals surface area contributed by atoms with E-state index in [-0.39, 0.29) is 5.88 Å². The number of nitrogens with zero attached hydrogens (tertiary/aromatic N) is 3. The average Bonchev–Trinajstić information content (AvgIpc) is 2.67. The summed E-state index contributed by atoms with van der Waals surface area (Å²) >= 11 is 5.51. The third-order valence-electron chi connectivity index (χ3n) is 1.49. The zero-order valence-corrected chi connectivity index (χ0v) is 7.90. The first kappa shape index (κ1) is 8.96. The van der Waals surface area contributed by atoms with Gasteiger partial charge in [0.2, 0.25) is 5.89 Å². The van der Waals surface area contributed by atoms with Crippen molar-refractivity contribution >= 4 is 23.3 Å². The monoisotopic (exact) mass is 210 g/mol. The van der Waals surface area contributed by atoms with Crippen molar-refractivity contribution in [2.45, 2.75) is 5.88 Å². The minimum absolute atomic E-state index is 0.210. The molecule has 2 heterocycles. The minimum atomic E-state index is 0.210. The van der Waals surface area contributed by atoms with Crippen LogP contribution < -0.4 is 5.32 Å². The zero-order valence-electron chi connectivity index (χ0n) is 7.14. The molecule has 0 unspecified atom stereocenters. The summed E-state index contributed by atoms with van der Waals surface area (Å²) in [6, 6.07) is 3.97. The van der Waals surface area contributed by atoms with E-state index in [1.54, 1.807) is 18.5 Å². The molecule has 0 amide bonds. The van der Waals surface area contributed by atoms with Gasteiger partial charge in [0.1, 0.15) is 5.88 Å². The second-order valence-electron chi connectivity index (χ2n) is 2.50. The predicted octanol–water partition coefficient (Wildman–Crippen LogP) is 1.95. The molecule has 0 fully saturated rings. The Bertz CT molecular complexity index is 403. The van der Waals surface area contributed by atoms with Gasteiger partial charge in [0.25, 0.3) is 0 Å². The van der Waals surface area contributed by atoms with Gasteiger partial charge in [-0.2, -0.15) is 0 Å². The second-order valence-corrected chi connectivity index (χ2v) is 2.77. The Morgan fingerprint density at radius 3 is 3.00 bits per heavy atom. The lowest BCUT2D eigenvalue weighted by atomic mass is 10.4. The SMILES string of the molecule is ClCc1nnc(Nc2cccnc2)o1. The van der Waals surface area contributed by atoms with Gasteiger partial charge in [0, 0.05) is 6.20 Å². The summed E-state index contributed by atoms with van der Waals surface area (Å²) in [7, 11) is 0. The van der Waals surface area contributed by atoms with Crippen molar-refractivity contribution in [1.82, 2.24) is 15.2 Å². The van der Waals surface area contributed by atoms with E-state index < -0.39 is 0 Å². The Labute approximate surface area is 85.1 Å². The summed E-state index contributed by atoms with van der Waals surface area (Å²) in [5.74, 6) is 0.597. The quantitative estimate of drug-likeness (QED) is 0.785. The molecule has 0 atom stereocenters. The molecule has 0 saturated carbocycles. The summed E-state index contributed by atoms with van der Waals surface area (Å²) < 4.78 is 5.14. The highest BCUT2D eigenvalue weighted by molar-refractivity contribution is 6.16. The molecule has 0 aliphatic heterocycles. The molecule has 72 valence electrons. The van der Waals surface area contributed by atoms with E-state index in [0.717, 1.165) is 5.69 Å². The number of hydrogen-bond donors (Lipinski definition) is 1. The largest absolute Gasteiger partial charge is 0.407 e. The molecule has 0 spiro atoms. The molecular weight excluding hydrogens is 204 g/mol. The Kier molecular flexibility index (Phi) is 2.60. The zero-order chi connectivity index (χ0) is 9.80. The number of hydrogen-bond acceptors (Lipinski definition) is 5. The van der Waals surface area contributed by atoms with Crippen LogP contribution >= 0.6 is 11.6 Å². The summed E-state index contributed by atoms with van der Waals surface area (Å²) in [4.78, 5) is 3.93. The summed E-state index contributed by atoms with van der Waals surface area (Å²) in [5.41, 5.74) is 0.789. The maximum absolute atomic E-state index is 5.51. The van der Waals surface area contributed by atoms with Crippen LogP contribution in [0, 0.1) is 0 Å². The van der Waals surface area contributed by atoms with Crippen LogP contribution in [0.5, 0.6) is 0 Å². The van der Waals surface area contributed by atoms with E-state index in [1.165, 1.54) is 0 Å². The molecule has 1 N–H and O–H groups in total. The second kappa shape index (κ2) is 4.06. The van der Waals surface area contributed by atoms with E-state index >= 15 is 0 Å². The van der Waals surface area contributed by atoms with Crippen molar-refractivity contribution in [2.75, 3.05) is 5.32 Å². The molecule has 14 heavy (non-hydrogen) atoms. The Morgan fingerprint density at radius 1 is 1.43 bits per heavy atom. The number of nitrogens with one attached hydrogen (secondary N) is 1. The lowest BCUT2D eigenvalue weighted by Crippen LogP contribution is -1.90. The van der Waals surface area contributed by atoms with Gasteiger partial charge in [0.05, 0.1) is 11.9 Å². The van der Waals surface area contributed by atoms with Crippen LogP contribution in [0.25, 0.3) is 0 Å². The van der Waals surface area contributed by atoms with Crippen molar-refractivity contribution in [3.63, 3.8) is 0 Å². The van der Waals surface area contributed by atoms with Gasteiger partial charge in [-0.25, -0.2) is 0 Å². The van der Waals surface area contributed by atoms with Crippen molar-refractivity contribution < 1.29 is 4.42 Å². The normalized spacial score (nSPS) is 10.1. The van der Waals surface area contributed by atoms with Crippen molar-refractivity contribution in [3.8, 4) is 0 Å². The van der Waals surface area contributed by atoms with Gasteiger partial charge < -0.3 is 9.73 Å². The highest BCUT2D eigenvalue weighted by Crippen LogP contribution is 2.13. The molecule has 6 heteroatoms. The van der Waals surface area contributed by atoms with E-state index in [2.05, 4.69) is 20.5 Å². The molecule has 5 nitrogen and oxygen atoms in total. The van der Waals surface area contributed by atoms with E-state index in [4.69, 9.17) is 16.0 Å². The van der Waals surface area contributed by atoms with Crippen LogP contribution in [0.1, 0.15) is 5.89 Å². The molecule has 0 bridgehead atoms. The molecule has 2 aromatic rings. The molecule has 0 aromatic carbocycles. The topological polar surface area (TPSA) is 63.8 Å². The number of aromatic nitrogens is 3. The van der Waals surface area contributed by atoms with Crippen LogP contribution in [0.2, 0.25) is 0 Å². The summed E-state index contributed by atoms with van der Waals surface area (Å²) in [6.07, 6.45) is 3.34. The first-order valence-electron chi connectivity index (χ1n) is 3.94. The highest BCUT2D eigenvalue weighted by Gasteiger charge is 2.03. The Morgan fingerprint density at radius 2 is 2.36 bits per heavy atom. The fourth-order valence-electron chi connectivity index (χ4n) is 0.918. The standard InChI is InChI=1S/C8H7ClN4O/c9-4-7-12-13-8(14-7)11-6-2-1-3-10-5-6/h1-3,5H,4H2,(H,11,13). The third-order valence-corrected chi connectivity index (χ3v) is 1.72. The fraction of sp³-hybridized carbons (Fsp3) is 0.125. The van der Waals surface area contributed by atoms with Crippen LogP contribution in [-0.4, -0.2) is 15.2 Å². The first-order valence-corrected chi connectivity index (χ1v) is 4.47. The van der Waals surface area contributed by atoms with E-state index in [1.807, 2.05) is 6.07 Å². The van der Waals surface area contributed by atoms with Crippen molar-refractivity contribution in [1.29, 1.82) is 0 Å². The fourth-order valence-corrected chi connectivity index (χ4v) is 1.03. The number of alkyl halides is 1. The van der Waals surface area contributed by atoms with E-state index in [0.29, 0.717) is 11.9 Å². The van der Waals surface area contributed by atoms with Crippen molar-refractivity contribution in [2.24, 2.45) is 0 Å². The summed E-state index contributed by atoms with van der Waals surface area (Å²) in [5, 5.41) is 10.3. The third kappa shape index (κ3) is 2.00. The van der Waals surface area contributed by atoms with Gasteiger partial charge in [-0.3, -0.25) is 4.98 Å². The first-order chi connectivity index (χ1) is 6.88. The molecule has 0 aliphatic carbocycles. The minimum Gasteiger partial charge on any atom is -0.407 e. The Balaban J connectivity index is 2.11. The molecule has 2 rings (SSSR count). The highest BCUT2D eigenvalue weighted by atomic mass is 35.5. The molecule has 2 aromatic heterocycles. The Hall–Kier alpha value is -1.62. The van der Waals surface area contributed by atoms with Crippen LogP contribution in [-0.2, 0) is 5.88 Å². The average molecular weight is 211 g/mol. The van der Waals surface area contributed by atoms with Gasteiger partial charge >= 0.3 is 6.01 Å². The molecule has 0 aliphatic rings. The van der Waals surface area contributed by atoms with Gasteiger partial charge in [-0.1, -0.05) is 5.10 Å². The number of rotatable bonds is 3. The van der Waals surface area contributed by atoms with Crippen LogP contribution in [0.15, 0.2) is 28.9 Å². The van der Waals surface area contributed by atoms with Gasteiger partial charge in [-0.15, -0.1) is 16.7 Å². The van der Waals surface area contributed by atoms with Crippen LogP contribution in [0.4, 0.5) is 11.7 Å². The smallest absolute Gasteiger partial charge is 0.320 e. The molecule has 0 saturated heterocycles. The maximum atomic E-state index is 5.51. The maximum Gasteiger partial charge on any atom is 0.320 e.